The third-order valence-corrected chi connectivity index (χ3v) is 4.67. The number of ether oxygens (including phenoxy) is 2. The van der Waals surface area contributed by atoms with Gasteiger partial charge in [-0.1, -0.05) is 18.2 Å². The first-order chi connectivity index (χ1) is 14.1. The van der Waals surface area contributed by atoms with Gasteiger partial charge in [0.2, 0.25) is 0 Å². The molecule has 8 heteroatoms. The van der Waals surface area contributed by atoms with Crippen LogP contribution in [0.3, 0.4) is 0 Å². The summed E-state index contributed by atoms with van der Waals surface area (Å²) >= 11 is 0. The predicted molar refractivity (Wildman–Crippen MR) is 106 cm³/mol. The van der Waals surface area contributed by atoms with Gasteiger partial charge in [0.05, 0.1) is 29.8 Å². The van der Waals surface area contributed by atoms with E-state index in [4.69, 9.17) is 9.47 Å². The topological polar surface area (TPSA) is 60.5 Å². The van der Waals surface area contributed by atoms with Gasteiger partial charge in [-0.3, -0.25) is 0 Å². The number of aromatic nitrogens is 1. The number of benzene rings is 1. The molecule has 2 heterocycles. The van der Waals surface area contributed by atoms with Crippen LogP contribution < -0.4 is 10.1 Å². The van der Waals surface area contributed by atoms with Gasteiger partial charge in [0.25, 0.3) is 0 Å². The summed E-state index contributed by atoms with van der Waals surface area (Å²) in [5.74, 6) is -1.03. The molecule has 160 valence electrons. The van der Waals surface area contributed by atoms with E-state index in [9.17, 15) is 18.0 Å². The smallest absolute Gasteiger partial charge is 0.416 e. The first kappa shape index (κ1) is 21.7. The standard InChI is InChI=1S/C22H23F3N2O3/c1-5-29-21(28)17-13(4)27-20-19(16(10-11-26-20)30-12(2)3)18(17)14-8-6-7-9-15(14)22(23,24)25/h6-12,18H,5H2,1-4H3,(H,26,27). The summed E-state index contributed by atoms with van der Waals surface area (Å²) in [4.78, 5) is 17.1. The Hall–Kier alpha value is -3.03. The van der Waals surface area contributed by atoms with Crippen LogP contribution in [0.2, 0.25) is 0 Å². The molecular formula is C22H23F3N2O3. The highest BCUT2D eigenvalue weighted by Gasteiger charge is 2.42. The number of hydrogen-bond donors (Lipinski definition) is 1. The first-order valence-electron chi connectivity index (χ1n) is 9.61. The van der Waals surface area contributed by atoms with Crippen molar-refractivity contribution < 1.29 is 27.4 Å². The summed E-state index contributed by atoms with van der Waals surface area (Å²) in [5, 5.41) is 3.03. The fourth-order valence-corrected chi connectivity index (χ4v) is 3.59. The number of hydrogen-bond acceptors (Lipinski definition) is 5. The maximum atomic E-state index is 13.9. The number of halogens is 3. The van der Waals surface area contributed by atoms with Crippen molar-refractivity contribution in [2.45, 2.75) is 45.9 Å². The number of pyridine rings is 1. The number of rotatable bonds is 5. The summed E-state index contributed by atoms with van der Waals surface area (Å²) in [5.41, 5.74) is -0.0232. The molecule has 30 heavy (non-hydrogen) atoms. The van der Waals surface area contributed by atoms with Crippen molar-refractivity contribution in [2.75, 3.05) is 11.9 Å². The fraction of sp³-hybridized carbons (Fsp3) is 0.364. The van der Waals surface area contributed by atoms with Gasteiger partial charge in [-0.15, -0.1) is 0 Å². The van der Waals surface area contributed by atoms with Gasteiger partial charge in [0.1, 0.15) is 11.6 Å². The molecule has 0 spiro atoms. The average Bonchev–Trinajstić information content (AvgIpc) is 2.66. The lowest BCUT2D eigenvalue weighted by molar-refractivity contribution is -0.140. The zero-order valence-electron chi connectivity index (χ0n) is 17.1. The highest BCUT2D eigenvalue weighted by molar-refractivity contribution is 5.95. The summed E-state index contributed by atoms with van der Waals surface area (Å²) in [6.07, 6.45) is -3.32. The van der Waals surface area contributed by atoms with Crippen LogP contribution in [0.5, 0.6) is 5.75 Å². The Bertz CT molecular complexity index is 984. The lowest BCUT2D eigenvalue weighted by Gasteiger charge is -2.32. The van der Waals surface area contributed by atoms with E-state index < -0.39 is 23.6 Å². The molecule has 1 aliphatic rings. The lowest BCUT2D eigenvalue weighted by atomic mass is 9.79. The molecule has 0 amide bonds. The molecule has 0 aliphatic carbocycles. The molecule has 1 N–H and O–H groups in total. The monoisotopic (exact) mass is 420 g/mol. The molecule has 0 bridgehead atoms. The van der Waals surface area contributed by atoms with Crippen LogP contribution in [-0.2, 0) is 15.7 Å². The van der Waals surface area contributed by atoms with Crippen LogP contribution in [0.1, 0.15) is 50.3 Å². The number of esters is 1. The Balaban J connectivity index is 2.33. The number of allylic oxidation sites excluding steroid dienone is 1. The van der Waals surface area contributed by atoms with Crippen LogP contribution in [-0.4, -0.2) is 23.7 Å². The molecule has 0 fully saturated rings. The van der Waals surface area contributed by atoms with E-state index in [0.717, 1.165) is 6.07 Å². The van der Waals surface area contributed by atoms with Crippen molar-refractivity contribution >= 4 is 11.8 Å². The lowest BCUT2D eigenvalue weighted by Crippen LogP contribution is -2.27. The van der Waals surface area contributed by atoms with Gasteiger partial charge in [0.15, 0.2) is 0 Å². The normalized spacial score (nSPS) is 16.2. The summed E-state index contributed by atoms with van der Waals surface area (Å²) in [6, 6.07) is 6.82. The number of carbonyl (C=O) groups excluding carboxylic acids is 1. The second-order valence-corrected chi connectivity index (χ2v) is 7.14. The van der Waals surface area contributed by atoms with Crippen LogP contribution in [0.15, 0.2) is 47.8 Å². The number of carbonyl (C=O) groups is 1. The number of alkyl halides is 3. The summed E-state index contributed by atoms with van der Waals surface area (Å²) in [6.45, 7) is 6.99. The zero-order chi connectivity index (χ0) is 22.1. The number of anilines is 1. The van der Waals surface area contributed by atoms with Gasteiger partial charge >= 0.3 is 12.1 Å². The molecule has 0 radical (unpaired) electrons. The van der Waals surface area contributed by atoms with E-state index in [1.807, 2.05) is 13.8 Å². The van der Waals surface area contributed by atoms with Crippen molar-refractivity contribution in [1.29, 1.82) is 0 Å². The van der Waals surface area contributed by atoms with E-state index in [1.165, 1.54) is 24.4 Å². The molecule has 0 saturated carbocycles. The fourth-order valence-electron chi connectivity index (χ4n) is 3.59. The summed E-state index contributed by atoms with van der Waals surface area (Å²) in [7, 11) is 0. The van der Waals surface area contributed by atoms with Gasteiger partial charge < -0.3 is 14.8 Å². The van der Waals surface area contributed by atoms with E-state index in [1.54, 1.807) is 19.9 Å². The minimum Gasteiger partial charge on any atom is -0.490 e. The molecule has 1 unspecified atom stereocenters. The Morgan fingerprint density at radius 2 is 1.93 bits per heavy atom. The Morgan fingerprint density at radius 1 is 1.23 bits per heavy atom. The molecule has 1 aliphatic heterocycles. The molecular weight excluding hydrogens is 397 g/mol. The third-order valence-electron chi connectivity index (χ3n) is 4.67. The summed E-state index contributed by atoms with van der Waals surface area (Å²) < 4.78 is 52.7. The van der Waals surface area contributed by atoms with Crippen molar-refractivity contribution in [3.63, 3.8) is 0 Å². The maximum absolute atomic E-state index is 13.9. The minimum atomic E-state index is -4.60. The van der Waals surface area contributed by atoms with Crippen LogP contribution in [0.4, 0.5) is 19.0 Å². The first-order valence-corrected chi connectivity index (χ1v) is 9.61. The number of nitrogens with zero attached hydrogens (tertiary/aromatic N) is 1. The van der Waals surface area contributed by atoms with Gasteiger partial charge in [-0.25, -0.2) is 9.78 Å². The van der Waals surface area contributed by atoms with Gasteiger partial charge in [-0.05, 0) is 45.4 Å². The van der Waals surface area contributed by atoms with E-state index in [-0.39, 0.29) is 23.8 Å². The minimum absolute atomic E-state index is 0.0586. The van der Waals surface area contributed by atoms with Crippen molar-refractivity contribution in [1.82, 2.24) is 4.98 Å². The average molecular weight is 420 g/mol. The second-order valence-electron chi connectivity index (χ2n) is 7.14. The van der Waals surface area contributed by atoms with Crippen LogP contribution in [0.25, 0.3) is 0 Å². The van der Waals surface area contributed by atoms with Crippen molar-refractivity contribution in [3.8, 4) is 5.75 Å². The molecule has 2 aromatic rings. The molecule has 1 aromatic carbocycles. The SMILES string of the molecule is CCOC(=O)C1=C(C)Nc2nccc(OC(C)C)c2C1c1ccccc1C(F)(F)F. The largest absolute Gasteiger partial charge is 0.490 e. The van der Waals surface area contributed by atoms with Crippen LogP contribution >= 0.6 is 0 Å². The number of fused-ring (bicyclic) bond motifs is 1. The van der Waals surface area contributed by atoms with Crippen LogP contribution in [0, 0.1) is 0 Å². The van der Waals surface area contributed by atoms with E-state index in [2.05, 4.69) is 10.3 Å². The third kappa shape index (κ3) is 4.13. The molecule has 1 aromatic heterocycles. The van der Waals surface area contributed by atoms with E-state index >= 15 is 0 Å². The Labute approximate surface area is 172 Å². The zero-order valence-corrected chi connectivity index (χ0v) is 17.1. The Morgan fingerprint density at radius 3 is 2.57 bits per heavy atom. The molecule has 3 rings (SSSR count). The molecule has 1 atom stereocenters. The van der Waals surface area contributed by atoms with E-state index in [0.29, 0.717) is 22.8 Å². The second kappa shape index (κ2) is 8.38. The predicted octanol–water partition coefficient (Wildman–Crippen LogP) is 5.28. The van der Waals surface area contributed by atoms with Crippen molar-refractivity contribution in [3.05, 3.63) is 64.5 Å². The quantitative estimate of drug-likeness (QED) is 0.667. The van der Waals surface area contributed by atoms with Gasteiger partial charge in [-0.2, -0.15) is 13.2 Å². The maximum Gasteiger partial charge on any atom is 0.416 e. The highest BCUT2D eigenvalue weighted by atomic mass is 19.4. The Kier molecular flexibility index (Phi) is 6.05. The van der Waals surface area contributed by atoms with Gasteiger partial charge in [0, 0.05) is 17.5 Å². The molecule has 0 saturated heterocycles. The molecule has 5 nitrogen and oxygen atoms in total. The number of nitrogens with one attached hydrogen (secondary N) is 1. The van der Waals surface area contributed by atoms with Crippen molar-refractivity contribution in [2.24, 2.45) is 0 Å². The highest BCUT2D eigenvalue weighted by Crippen LogP contribution is 2.48.